The van der Waals surface area contributed by atoms with E-state index in [0.29, 0.717) is 42.1 Å². The van der Waals surface area contributed by atoms with Crippen LogP contribution in [-0.2, 0) is 10.2 Å². The summed E-state index contributed by atoms with van der Waals surface area (Å²) in [7, 11) is 1.59. The first-order valence-corrected chi connectivity index (χ1v) is 9.52. The maximum absolute atomic E-state index is 13.1. The van der Waals surface area contributed by atoms with Gasteiger partial charge in [0.2, 0.25) is 0 Å². The van der Waals surface area contributed by atoms with Crippen molar-refractivity contribution in [3.8, 4) is 11.3 Å². The van der Waals surface area contributed by atoms with Gasteiger partial charge >= 0.3 is 0 Å². The van der Waals surface area contributed by atoms with Crippen LogP contribution < -0.4 is 5.43 Å². The van der Waals surface area contributed by atoms with Crippen LogP contribution in [0.3, 0.4) is 0 Å². The van der Waals surface area contributed by atoms with E-state index >= 15 is 0 Å². The second kappa shape index (κ2) is 7.18. The highest BCUT2D eigenvalue weighted by molar-refractivity contribution is 6.11. The molecular weight excluding hydrogens is 340 g/mol. The van der Waals surface area contributed by atoms with Crippen LogP contribution in [0.2, 0.25) is 0 Å². The monoisotopic (exact) mass is 366 g/mol. The van der Waals surface area contributed by atoms with Crippen LogP contribution in [-0.4, -0.2) is 12.9 Å². The summed E-state index contributed by atoms with van der Waals surface area (Å²) in [4.78, 5) is 26.1. The molecule has 2 aromatic rings. The number of Topliss-reactive ketones (excluding diaryl/α,β-unsaturated/α-hetero) is 1. The molecule has 0 unspecified atom stereocenters. The zero-order valence-corrected chi connectivity index (χ0v) is 16.6. The molecule has 0 spiro atoms. The summed E-state index contributed by atoms with van der Waals surface area (Å²) in [5.74, 6) is 1.30. The molecule has 0 N–H and O–H groups in total. The van der Waals surface area contributed by atoms with Crippen LogP contribution >= 0.6 is 0 Å². The van der Waals surface area contributed by atoms with Crippen molar-refractivity contribution in [1.29, 1.82) is 0 Å². The van der Waals surface area contributed by atoms with Gasteiger partial charge in [-0.2, -0.15) is 0 Å². The van der Waals surface area contributed by atoms with Gasteiger partial charge in [-0.05, 0) is 31.7 Å². The molecule has 1 heterocycles. The SMILES string of the molecule is CCC1=C(OC)C(CC)(CC)c2oc(-c3ccccc3C)cc(=O)c2C1=O. The Morgan fingerprint density at radius 2 is 1.74 bits per heavy atom. The third-order valence-corrected chi connectivity index (χ3v) is 5.77. The van der Waals surface area contributed by atoms with Gasteiger partial charge in [0, 0.05) is 17.2 Å². The van der Waals surface area contributed by atoms with Gasteiger partial charge < -0.3 is 9.15 Å². The molecule has 0 saturated heterocycles. The average Bonchev–Trinajstić information content (AvgIpc) is 2.67. The maximum atomic E-state index is 13.1. The zero-order valence-electron chi connectivity index (χ0n) is 16.6. The van der Waals surface area contributed by atoms with Gasteiger partial charge in [-0.25, -0.2) is 0 Å². The van der Waals surface area contributed by atoms with E-state index in [1.54, 1.807) is 7.11 Å². The van der Waals surface area contributed by atoms with Crippen molar-refractivity contribution in [3.63, 3.8) is 0 Å². The molecule has 142 valence electrons. The lowest BCUT2D eigenvalue weighted by molar-refractivity contribution is 0.0975. The summed E-state index contributed by atoms with van der Waals surface area (Å²) in [5.41, 5.74) is 1.71. The largest absolute Gasteiger partial charge is 0.500 e. The van der Waals surface area contributed by atoms with E-state index in [0.717, 1.165) is 11.1 Å². The van der Waals surface area contributed by atoms with E-state index in [-0.39, 0.29) is 16.8 Å². The molecule has 1 aliphatic rings. The molecule has 0 atom stereocenters. The van der Waals surface area contributed by atoms with Crippen LogP contribution in [0.15, 0.2) is 50.9 Å². The standard InChI is InChI=1S/C23H26O4/c1-6-15-20(25)19-17(24)13-18(16-12-10-9-11-14(16)4)27-22(19)23(7-2,8-3)21(15)26-5/h9-13H,6-8H2,1-5H3. The van der Waals surface area contributed by atoms with Crippen LogP contribution in [0.5, 0.6) is 0 Å². The smallest absolute Gasteiger partial charge is 0.199 e. The Morgan fingerprint density at radius 1 is 1.07 bits per heavy atom. The Balaban J connectivity index is 2.39. The van der Waals surface area contributed by atoms with Gasteiger partial charge in [-0.1, -0.05) is 45.0 Å². The summed E-state index contributed by atoms with van der Waals surface area (Å²) in [5, 5.41) is 0. The fourth-order valence-corrected chi connectivity index (χ4v) is 4.21. The minimum Gasteiger partial charge on any atom is -0.500 e. The van der Waals surface area contributed by atoms with Crippen molar-refractivity contribution >= 4 is 5.78 Å². The van der Waals surface area contributed by atoms with Crippen molar-refractivity contribution < 1.29 is 13.9 Å². The Labute approximate surface area is 159 Å². The second-order valence-corrected chi connectivity index (χ2v) is 6.98. The molecule has 0 aliphatic heterocycles. The maximum Gasteiger partial charge on any atom is 0.199 e. The van der Waals surface area contributed by atoms with Crippen LogP contribution in [0.1, 0.15) is 61.7 Å². The molecule has 3 rings (SSSR count). The van der Waals surface area contributed by atoms with Gasteiger partial charge in [-0.15, -0.1) is 0 Å². The summed E-state index contributed by atoms with van der Waals surface area (Å²) < 4.78 is 12.0. The van der Waals surface area contributed by atoms with E-state index in [1.165, 1.54) is 6.07 Å². The number of hydrogen-bond acceptors (Lipinski definition) is 4. The van der Waals surface area contributed by atoms with Crippen LogP contribution in [0, 0.1) is 6.92 Å². The molecule has 0 radical (unpaired) electrons. The molecule has 1 aliphatic carbocycles. The Bertz CT molecular complexity index is 974. The number of fused-ring (bicyclic) bond motifs is 1. The predicted molar refractivity (Wildman–Crippen MR) is 106 cm³/mol. The fraction of sp³-hybridized carbons (Fsp3) is 0.391. The fourth-order valence-electron chi connectivity index (χ4n) is 4.21. The number of carbonyl (C=O) groups is 1. The number of carbonyl (C=O) groups excluding carboxylic acids is 1. The third kappa shape index (κ3) is 2.75. The summed E-state index contributed by atoms with van der Waals surface area (Å²) >= 11 is 0. The molecule has 1 aromatic heterocycles. The quantitative estimate of drug-likeness (QED) is 0.731. The van der Waals surface area contributed by atoms with Crippen LogP contribution in [0.4, 0.5) is 0 Å². The second-order valence-electron chi connectivity index (χ2n) is 6.98. The lowest BCUT2D eigenvalue weighted by atomic mass is 9.69. The van der Waals surface area contributed by atoms with Crippen molar-refractivity contribution in [2.45, 2.75) is 52.4 Å². The summed E-state index contributed by atoms with van der Waals surface area (Å²) in [6.45, 7) is 7.96. The van der Waals surface area contributed by atoms with Crippen LogP contribution in [0.25, 0.3) is 11.3 Å². The molecular formula is C23H26O4. The predicted octanol–water partition coefficient (Wildman–Crippen LogP) is 5.18. The zero-order chi connectivity index (χ0) is 19.8. The first-order chi connectivity index (χ1) is 12.9. The highest BCUT2D eigenvalue weighted by Crippen LogP contribution is 2.47. The van der Waals surface area contributed by atoms with E-state index in [2.05, 4.69) is 0 Å². The van der Waals surface area contributed by atoms with E-state index in [9.17, 15) is 9.59 Å². The first-order valence-electron chi connectivity index (χ1n) is 9.52. The van der Waals surface area contributed by atoms with E-state index in [1.807, 2.05) is 52.0 Å². The first kappa shape index (κ1) is 19.2. The minimum absolute atomic E-state index is 0.161. The highest BCUT2D eigenvalue weighted by Gasteiger charge is 2.47. The molecule has 4 nitrogen and oxygen atoms in total. The lowest BCUT2D eigenvalue weighted by Gasteiger charge is -2.37. The summed E-state index contributed by atoms with van der Waals surface area (Å²) in [6.07, 6.45) is 1.87. The van der Waals surface area contributed by atoms with Crippen molar-refractivity contribution in [1.82, 2.24) is 0 Å². The number of hydrogen-bond donors (Lipinski definition) is 0. The normalized spacial score (nSPS) is 15.7. The van der Waals surface area contributed by atoms with Crippen molar-refractivity contribution in [3.05, 3.63) is 68.8 Å². The number of ether oxygens (including phenoxy) is 1. The molecule has 1 aromatic carbocycles. The molecule has 0 bridgehead atoms. The van der Waals surface area contributed by atoms with Gasteiger partial charge in [0.25, 0.3) is 0 Å². The Kier molecular flexibility index (Phi) is 5.09. The topological polar surface area (TPSA) is 56.5 Å². The van der Waals surface area contributed by atoms with Gasteiger partial charge in [-0.3, -0.25) is 9.59 Å². The number of allylic oxidation sites excluding steroid dienone is 2. The third-order valence-electron chi connectivity index (χ3n) is 5.77. The lowest BCUT2D eigenvalue weighted by Crippen LogP contribution is -2.39. The molecule has 27 heavy (non-hydrogen) atoms. The molecule has 0 amide bonds. The number of rotatable bonds is 5. The molecule has 4 heteroatoms. The number of ketones is 1. The molecule has 0 saturated carbocycles. The Hall–Kier alpha value is -2.62. The molecule has 0 fully saturated rings. The van der Waals surface area contributed by atoms with Gasteiger partial charge in [0.15, 0.2) is 11.2 Å². The van der Waals surface area contributed by atoms with Crippen molar-refractivity contribution in [2.75, 3.05) is 7.11 Å². The Morgan fingerprint density at radius 3 is 2.30 bits per heavy atom. The number of methoxy groups -OCH3 is 1. The van der Waals surface area contributed by atoms with E-state index < -0.39 is 5.41 Å². The van der Waals surface area contributed by atoms with Gasteiger partial charge in [0.05, 0.1) is 12.5 Å². The minimum atomic E-state index is -0.610. The number of benzene rings is 1. The van der Waals surface area contributed by atoms with Crippen molar-refractivity contribution in [2.24, 2.45) is 0 Å². The average molecular weight is 366 g/mol. The highest BCUT2D eigenvalue weighted by atomic mass is 16.5. The number of aryl methyl sites for hydroxylation is 1. The summed E-state index contributed by atoms with van der Waals surface area (Å²) in [6, 6.07) is 9.20. The van der Waals surface area contributed by atoms with E-state index in [4.69, 9.17) is 9.15 Å². The van der Waals surface area contributed by atoms with Gasteiger partial charge in [0.1, 0.15) is 22.8 Å².